The zero-order chi connectivity index (χ0) is 47.9. The number of thiophene rings is 1. The molecule has 352 valence electrons. The quantitative estimate of drug-likeness (QED) is 0.0174. The van der Waals surface area contributed by atoms with E-state index in [4.69, 9.17) is 55.8 Å². The number of carbonyl (C=O) groups is 1. The van der Waals surface area contributed by atoms with Crippen molar-refractivity contribution in [2.75, 3.05) is 33.2 Å². The number of nitrogens with zero attached hydrogens (tertiary/aromatic N) is 2. The van der Waals surface area contributed by atoms with E-state index in [1.54, 1.807) is 58.9 Å². The van der Waals surface area contributed by atoms with Crippen LogP contribution in [0.15, 0.2) is 70.1 Å². The van der Waals surface area contributed by atoms with Gasteiger partial charge in [-0.15, -0.1) is 17.9 Å². The Morgan fingerprint density at radius 3 is 2.28 bits per heavy atom. The number of fused-ring (bicyclic) bond motifs is 1. The molecule has 2 aromatic heterocycles. The molecule has 13 nitrogen and oxygen atoms in total. The number of rotatable bonds is 22. The summed E-state index contributed by atoms with van der Waals surface area (Å²) in [5, 5.41) is 11.3. The number of halogens is 3. The van der Waals surface area contributed by atoms with Gasteiger partial charge in [-0.05, 0) is 111 Å². The molecule has 1 N–H and O–H groups in total. The fraction of sp³-hybridized carbons (Fsp3) is 0.413. The SMILES string of the molecule is C=CCOCC(COS(=O)(=O)c1ccc(C)cc1)Oc1c(Cl)c(C)c(-c2c(Br)sc3ncnc(OC(Cc4cc(O)ccc4OCOCC[Si](C)(C)C)C(=O)OC(C)(C)C)c23)c(C)c1Cl. The van der Waals surface area contributed by atoms with Gasteiger partial charge in [-0.1, -0.05) is 66.6 Å². The molecule has 0 aliphatic heterocycles. The summed E-state index contributed by atoms with van der Waals surface area (Å²) in [4.78, 5) is 23.6. The van der Waals surface area contributed by atoms with Crippen molar-refractivity contribution >= 4 is 84.8 Å². The standard InChI is InChI=1S/C46H55BrCl2N2O11S2Si/c1-11-18-56-23-32(24-59-64(54,55)33-15-12-27(2)13-16-33)60-41-39(48)28(3)36(29(4)40(41)49)37-38-43(50-25-51-44(38)63-42(37)47)61-35(45(53)62-46(5,6)7)22-30-21-31(52)14-17-34(30)58-26-57-19-20-65(8,9)10/h11-17,21,25,32,35,52H,1,18-20,22-24,26H2,2-10H3. The van der Waals surface area contributed by atoms with Gasteiger partial charge in [0.25, 0.3) is 10.1 Å². The maximum absolute atomic E-state index is 14.0. The van der Waals surface area contributed by atoms with Gasteiger partial charge in [-0.3, -0.25) is 4.18 Å². The predicted octanol–water partition coefficient (Wildman–Crippen LogP) is 11.4. The summed E-state index contributed by atoms with van der Waals surface area (Å²) in [5.74, 6) is -0.159. The molecule has 2 unspecified atom stereocenters. The second-order valence-electron chi connectivity index (χ2n) is 17.4. The smallest absolute Gasteiger partial charge is 0.348 e. The van der Waals surface area contributed by atoms with Crippen molar-refractivity contribution in [1.29, 1.82) is 0 Å². The zero-order valence-corrected chi connectivity index (χ0v) is 43.6. The van der Waals surface area contributed by atoms with E-state index in [1.807, 2.05) is 6.92 Å². The van der Waals surface area contributed by atoms with Crippen LogP contribution in [-0.2, 0) is 39.7 Å². The normalized spacial score (nSPS) is 13.1. The maximum Gasteiger partial charge on any atom is 0.348 e. The van der Waals surface area contributed by atoms with Crippen LogP contribution in [-0.4, -0.2) is 88.6 Å². The molecular weight excluding hydrogens is 1000 g/mol. The Kier molecular flexibility index (Phi) is 17.9. The van der Waals surface area contributed by atoms with Crippen LogP contribution < -0.4 is 14.2 Å². The van der Waals surface area contributed by atoms with Gasteiger partial charge in [-0.2, -0.15) is 8.42 Å². The van der Waals surface area contributed by atoms with E-state index < -0.39 is 48.6 Å². The van der Waals surface area contributed by atoms with Crippen molar-refractivity contribution in [3.63, 3.8) is 0 Å². The molecule has 0 amide bonds. The van der Waals surface area contributed by atoms with E-state index in [2.05, 4.69) is 52.1 Å². The van der Waals surface area contributed by atoms with E-state index in [1.165, 1.54) is 41.9 Å². The minimum Gasteiger partial charge on any atom is -0.508 e. The van der Waals surface area contributed by atoms with Gasteiger partial charge >= 0.3 is 5.97 Å². The van der Waals surface area contributed by atoms with E-state index in [0.29, 0.717) is 54.2 Å². The number of hydrogen-bond donors (Lipinski definition) is 1. The first-order valence-electron chi connectivity index (χ1n) is 20.6. The molecule has 0 bridgehead atoms. The van der Waals surface area contributed by atoms with Crippen molar-refractivity contribution in [1.82, 2.24) is 9.97 Å². The van der Waals surface area contributed by atoms with Crippen molar-refractivity contribution in [2.45, 2.75) is 96.4 Å². The Hall–Kier alpha value is -3.78. The van der Waals surface area contributed by atoms with Crippen LogP contribution in [0.5, 0.6) is 23.1 Å². The van der Waals surface area contributed by atoms with Crippen LogP contribution in [0.4, 0.5) is 0 Å². The lowest BCUT2D eigenvalue weighted by atomic mass is 9.95. The molecule has 0 saturated carbocycles. The first kappa shape index (κ1) is 52.2. The highest BCUT2D eigenvalue weighted by Crippen LogP contribution is 2.52. The lowest BCUT2D eigenvalue weighted by Crippen LogP contribution is -2.37. The summed E-state index contributed by atoms with van der Waals surface area (Å²) in [5.41, 5.74) is 2.79. The molecule has 0 fully saturated rings. The third kappa shape index (κ3) is 14.1. The Balaban J connectivity index is 1.51. The monoisotopic (exact) mass is 1050 g/mol. The molecule has 3 aromatic carbocycles. The average Bonchev–Trinajstić information content (AvgIpc) is 3.56. The van der Waals surface area contributed by atoms with E-state index in [0.717, 1.165) is 11.6 Å². The highest BCUT2D eigenvalue weighted by Gasteiger charge is 2.33. The summed E-state index contributed by atoms with van der Waals surface area (Å²) in [6.07, 6.45) is 0.564. The number of ether oxygens (including phenoxy) is 6. The Bertz CT molecular complexity index is 2570. The van der Waals surface area contributed by atoms with E-state index in [9.17, 15) is 18.3 Å². The van der Waals surface area contributed by atoms with E-state index >= 15 is 0 Å². The fourth-order valence-corrected chi connectivity index (χ4v) is 10.3. The van der Waals surface area contributed by atoms with Gasteiger partial charge < -0.3 is 33.5 Å². The summed E-state index contributed by atoms with van der Waals surface area (Å²) in [7, 11) is -5.48. The van der Waals surface area contributed by atoms with Gasteiger partial charge in [0.2, 0.25) is 12.0 Å². The predicted molar refractivity (Wildman–Crippen MR) is 261 cm³/mol. The summed E-state index contributed by atoms with van der Waals surface area (Å²) < 4.78 is 68.6. The fourth-order valence-electron chi connectivity index (χ4n) is 6.40. The number of hydrogen-bond acceptors (Lipinski definition) is 14. The summed E-state index contributed by atoms with van der Waals surface area (Å²) in [6, 6.07) is 11.9. The third-order valence-corrected chi connectivity index (χ3v) is 15.4. The number of aromatic nitrogens is 2. The summed E-state index contributed by atoms with van der Waals surface area (Å²) >= 11 is 19.3. The van der Waals surface area contributed by atoms with Crippen LogP contribution in [0.3, 0.4) is 0 Å². The van der Waals surface area contributed by atoms with Crippen molar-refractivity contribution in [3.05, 3.63) is 97.5 Å². The second kappa shape index (κ2) is 22.3. The van der Waals surface area contributed by atoms with Crippen molar-refractivity contribution in [2.24, 2.45) is 0 Å². The van der Waals surface area contributed by atoms with Gasteiger partial charge in [0.1, 0.15) is 41.0 Å². The minimum atomic E-state index is -4.15. The molecule has 0 saturated heterocycles. The van der Waals surface area contributed by atoms with Crippen LogP contribution in [0, 0.1) is 20.8 Å². The Morgan fingerprint density at radius 2 is 1.65 bits per heavy atom. The molecular formula is C46H55BrCl2N2O11S2Si. The van der Waals surface area contributed by atoms with Crippen molar-refractivity contribution < 1.29 is 50.9 Å². The molecule has 2 atom stereocenters. The highest BCUT2D eigenvalue weighted by atomic mass is 79.9. The molecule has 0 spiro atoms. The van der Waals surface area contributed by atoms with Crippen LogP contribution in [0.1, 0.15) is 43.0 Å². The van der Waals surface area contributed by atoms with Crippen LogP contribution in [0.2, 0.25) is 35.7 Å². The Labute approximate surface area is 404 Å². The number of carbonyl (C=O) groups excluding carboxylic acids is 1. The van der Waals surface area contributed by atoms with Gasteiger partial charge in [-0.25, -0.2) is 14.8 Å². The van der Waals surface area contributed by atoms with Gasteiger partial charge in [0, 0.05) is 32.2 Å². The lowest BCUT2D eigenvalue weighted by molar-refractivity contribution is -0.163. The van der Waals surface area contributed by atoms with Gasteiger partial charge in [0.15, 0.2) is 12.5 Å². The number of esters is 1. The molecule has 2 heterocycles. The zero-order valence-electron chi connectivity index (χ0n) is 37.9. The number of aromatic hydroxyl groups is 1. The minimum absolute atomic E-state index is 0.00830. The molecule has 0 radical (unpaired) electrons. The first-order valence-corrected chi connectivity index (χ1v) is 28.1. The molecule has 65 heavy (non-hydrogen) atoms. The summed E-state index contributed by atoms with van der Waals surface area (Å²) in [6.45, 7) is 21.3. The van der Waals surface area contributed by atoms with Crippen LogP contribution in [0.25, 0.3) is 21.3 Å². The first-order chi connectivity index (χ1) is 30.5. The molecule has 0 aliphatic carbocycles. The van der Waals surface area contributed by atoms with Crippen molar-refractivity contribution in [3.8, 4) is 34.3 Å². The molecule has 5 aromatic rings. The number of aryl methyl sites for hydroxylation is 1. The largest absolute Gasteiger partial charge is 0.508 e. The van der Waals surface area contributed by atoms with Gasteiger partial charge in [0.05, 0.1) is 37.3 Å². The maximum atomic E-state index is 14.0. The Morgan fingerprint density at radius 1 is 0.969 bits per heavy atom. The topological polar surface area (TPSA) is 162 Å². The number of benzene rings is 3. The number of phenols is 1. The number of phenolic OH excluding ortho intramolecular Hbond substituents is 1. The molecule has 19 heteroatoms. The van der Waals surface area contributed by atoms with Crippen LogP contribution >= 0.6 is 50.5 Å². The lowest BCUT2D eigenvalue weighted by Gasteiger charge is -2.25. The average molecular weight is 1050 g/mol. The second-order valence-corrected chi connectivity index (χ2v) is 27.7. The molecule has 5 rings (SSSR count). The van der Waals surface area contributed by atoms with E-state index in [-0.39, 0.29) is 58.7 Å². The molecule has 0 aliphatic rings. The highest BCUT2D eigenvalue weighted by molar-refractivity contribution is 9.11. The third-order valence-electron chi connectivity index (χ3n) is 9.68.